The lowest BCUT2D eigenvalue weighted by Crippen LogP contribution is -2.41. The number of nitriles is 1. The molecule has 2 rings (SSSR count). The fourth-order valence-electron chi connectivity index (χ4n) is 1.99. The van der Waals surface area contributed by atoms with E-state index < -0.39 is 0 Å². The van der Waals surface area contributed by atoms with Crippen LogP contribution >= 0.6 is 15.9 Å². The third-order valence-electron chi connectivity index (χ3n) is 3.40. The van der Waals surface area contributed by atoms with Crippen LogP contribution < -0.4 is 5.32 Å². The van der Waals surface area contributed by atoms with E-state index in [0.29, 0.717) is 5.56 Å². The molecule has 1 aliphatic heterocycles. The summed E-state index contributed by atoms with van der Waals surface area (Å²) >= 11 is 3.48. The molecule has 3 nitrogen and oxygen atoms in total. The molecule has 2 atom stereocenters. The Bertz CT molecular complexity index is 469. The lowest BCUT2D eigenvalue weighted by molar-refractivity contribution is 0.105. The van der Waals surface area contributed by atoms with Crippen LogP contribution in [0.3, 0.4) is 0 Å². The van der Waals surface area contributed by atoms with Gasteiger partial charge in [0.1, 0.15) is 0 Å². The summed E-state index contributed by atoms with van der Waals surface area (Å²) in [6.07, 6.45) is 1.17. The molecule has 1 aromatic carbocycles. The highest BCUT2D eigenvalue weighted by Crippen LogP contribution is 2.33. The number of hydrogen-bond donors (Lipinski definition) is 1. The smallest absolute Gasteiger partial charge is 0.0992 e. The van der Waals surface area contributed by atoms with E-state index in [1.165, 1.54) is 0 Å². The molecule has 0 bridgehead atoms. The zero-order chi connectivity index (χ0) is 12.5. The summed E-state index contributed by atoms with van der Waals surface area (Å²) in [7, 11) is 0. The number of nitrogens with one attached hydrogen (secondary N) is 1. The third kappa shape index (κ3) is 2.46. The monoisotopic (exact) mass is 294 g/mol. The average molecular weight is 295 g/mol. The van der Waals surface area contributed by atoms with E-state index in [2.05, 4.69) is 41.2 Å². The van der Waals surface area contributed by atoms with Crippen LogP contribution in [0.5, 0.6) is 0 Å². The first-order chi connectivity index (χ1) is 8.05. The molecular weight excluding hydrogens is 280 g/mol. The maximum atomic E-state index is 8.82. The van der Waals surface area contributed by atoms with Crippen LogP contribution in [0.1, 0.15) is 25.8 Å². The van der Waals surface area contributed by atoms with Crippen LogP contribution in [0.15, 0.2) is 22.7 Å². The van der Waals surface area contributed by atoms with Gasteiger partial charge in [0, 0.05) is 16.8 Å². The van der Waals surface area contributed by atoms with Crippen LogP contribution in [-0.2, 0) is 4.74 Å². The fourth-order valence-corrected chi connectivity index (χ4v) is 2.47. The van der Waals surface area contributed by atoms with E-state index in [1.807, 2.05) is 18.2 Å². The lowest BCUT2D eigenvalue weighted by Gasteiger charge is -2.30. The van der Waals surface area contributed by atoms with E-state index in [1.54, 1.807) is 0 Å². The molecule has 2 unspecified atom stereocenters. The Morgan fingerprint density at radius 2 is 2.35 bits per heavy atom. The van der Waals surface area contributed by atoms with Gasteiger partial charge < -0.3 is 10.1 Å². The Morgan fingerprint density at radius 1 is 1.59 bits per heavy atom. The van der Waals surface area contributed by atoms with Crippen molar-refractivity contribution in [3.8, 4) is 6.07 Å². The zero-order valence-corrected chi connectivity index (χ0v) is 11.5. The minimum Gasteiger partial charge on any atom is -0.376 e. The van der Waals surface area contributed by atoms with Crippen molar-refractivity contribution in [3.05, 3.63) is 28.2 Å². The van der Waals surface area contributed by atoms with Gasteiger partial charge in [-0.15, -0.1) is 0 Å². The maximum absolute atomic E-state index is 8.82. The number of nitrogens with zero attached hydrogens (tertiary/aromatic N) is 1. The quantitative estimate of drug-likeness (QED) is 0.910. The molecule has 0 aromatic heterocycles. The van der Waals surface area contributed by atoms with E-state index in [0.717, 1.165) is 23.2 Å². The van der Waals surface area contributed by atoms with Gasteiger partial charge >= 0.3 is 0 Å². The van der Waals surface area contributed by atoms with Crippen molar-refractivity contribution in [2.75, 3.05) is 11.9 Å². The molecule has 1 aromatic rings. The average Bonchev–Trinajstić information content (AvgIpc) is 2.62. The predicted octanol–water partition coefficient (Wildman–Crippen LogP) is 3.30. The summed E-state index contributed by atoms with van der Waals surface area (Å²) < 4.78 is 6.51. The number of anilines is 1. The summed E-state index contributed by atoms with van der Waals surface area (Å²) in [5, 5.41) is 12.3. The summed E-state index contributed by atoms with van der Waals surface area (Å²) in [5.41, 5.74) is 1.61. The summed E-state index contributed by atoms with van der Waals surface area (Å²) in [5.74, 6) is 0. The van der Waals surface area contributed by atoms with Gasteiger partial charge in [-0.1, -0.05) is 0 Å². The fraction of sp³-hybridized carbons (Fsp3) is 0.462. The summed E-state index contributed by atoms with van der Waals surface area (Å²) in [6.45, 7) is 5.03. The number of benzene rings is 1. The number of rotatable bonds is 2. The van der Waals surface area contributed by atoms with Gasteiger partial charge in [-0.3, -0.25) is 0 Å². The SMILES string of the molecule is CC1OCCC1(C)Nc1ccc(C#N)cc1Br. The Kier molecular flexibility index (Phi) is 3.41. The van der Waals surface area contributed by atoms with Crippen molar-refractivity contribution in [1.29, 1.82) is 5.26 Å². The topological polar surface area (TPSA) is 45.0 Å². The minimum atomic E-state index is -0.0450. The molecule has 1 saturated heterocycles. The maximum Gasteiger partial charge on any atom is 0.0992 e. The Balaban J connectivity index is 2.22. The molecule has 17 heavy (non-hydrogen) atoms. The van der Waals surface area contributed by atoms with Crippen molar-refractivity contribution < 1.29 is 4.74 Å². The molecule has 1 heterocycles. The van der Waals surface area contributed by atoms with Gasteiger partial charge in [-0.05, 0) is 54.4 Å². The van der Waals surface area contributed by atoms with Crippen molar-refractivity contribution in [3.63, 3.8) is 0 Å². The van der Waals surface area contributed by atoms with Crippen molar-refractivity contribution in [2.45, 2.75) is 31.9 Å². The molecule has 0 aliphatic carbocycles. The summed E-state index contributed by atoms with van der Waals surface area (Å²) in [4.78, 5) is 0. The molecule has 0 spiro atoms. The third-order valence-corrected chi connectivity index (χ3v) is 4.06. The first-order valence-electron chi connectivity index (χ1n) is 5.64. The van der Waals surface area contributed by atoms with Crippen LogP contribution in [0.2, 0.25) is 0 Å². The highest BCUT2D eigenvalue weighted by Gasteiger charge is 2.37. The molecular formula is C13H15BrN2O. The molecule has 1 N–H and O–H groups in total. The molecule has 4 heteroatoms. The van der Waals surface area contributed by atoms with Gasteiger partial charge in [0.15, 0.2) is 0 Å². The van der Waals surface area contributed by atoms with Crippen molar-refractivity contribution >= 4 is 21.6 Å². The first-order valence-corrected chi connectivity index (χ1v) is 6.44. The lowest BCUT2D eigenvalue weighted by atomic mass is 9.94. The second-order valence-electron chi connectivity index (χ2n) is 4.61. The second-order valence-corrected chi connectivity index (χ2v) is 5.47. The van der Waals surface area contributed by atoms with E-state index in [-0.39, 0.29) is 11.6 Å². The molecule has 1 aliphatic rings. The van der Waals surface area contributed by atoms with Gasteiger partial charge in [-0.25, -0.2) is 0 Å². The van der Waals surface area contributed by atoms with Crippen LogP contribution in [-0.4, -0.2) is 18.2 Å². The standard InChI is InChI=1S/C13H15BrN2O/c1-9-13(2,5-6-17-9)16-12-4-3-10(8-15)7-11(12)14/h3-4,7,9,16H,5-6H2,1-2H3. The predicted molar refractivity (Wildman–Crippen MR) is 70.9 cm³/mol. The largest absolute Gasteiger partial charge is 0.376 e. The van der Waals surface area contributed by atoms with E-state index >= 15 is 0 Å². The minimum absolute atomic E-state index is 0.0450. The number of halogens is 1. The normalized spacial score (nSPS) is 27.8. The van der Waals surface area contributed by atoms with Gasteiger partial charge in [-0.2, -0.15) is 5.26 Å². The summed E-state index contributed by atoms with van der Waals surface area (Å²) in [6, 6.07) is 7.70. The van der Waals surface area contributed by atoms with Gasteiger partial charge in [0.25, 0.3) is 0 Å². The molecule has 0 saturated carbocycles. The Morgan fingerprint density at radius 3 is 2.88 bits per heavy atom. The number of ether oxygens (including phenoxy) is 1. The van der Waals surface area contributed by atoms with Crippen LogP contribution in [0, 0.1) is 11.3 Å². The highest BCUT2D eigenvalue weighted by atomic mass is 79.9. The van der Waals surface area contributed by atoms with Crippen molar-refractivity contribution in [2.24, 2.45) is 0 Å². The van der Waals surface area contributed by atoms with Crippen LogP contribution in [0.4, 0.5) is 5.69 Å². The molecule has 0 amide bonds. The number of hydrogen-bond acceptors (Lipinski definition) is 3. The molecule has 90 valence electrons. The first kappa shape index (κ1) is 12.4. The Hall–Kier alpha value is -1.05. The van der Waals surface area contributed by atoms with Gasteiger partial charge in [0.05, 0.1) is 23.3 Å². The van der Waals surface area contributed by atoms with E-state index in [9.17, 15) is 0 Å². The van der Waals surface area contributed by atoms with Gasteiger partial charge in [0.2, 0.25) is 0 Å². The van der Waals surface area contributed by atoms with Crippen molar-refractivity contribution in [1.82, 2.24) is 0 Å². The highest BCUT2D eigenvalue weighted by molar-refractivity contribution is 9.10. The molecule has 0 radical (unpaired) electrons. The zero-order valence-electron chi connectivity index (χ0n) is 9.96. The molecule has 1 fully saturated rings. The van der Waals surface area contributed by atoms with E-state index in [4.69, 9.17) is 10.00 Å². The van der Waals surface area contributed by atoms with Crippen LogP contribution in [0.25, 0.3) is 0 Å². The Labute approximate surface area is 110 Å². The second kappa shape index (κ2) is 4.67.